The van der Waals surface area contributed by atoms with E-state index in [1.54, 1.807) is 37.5 Å². The fourth-order valence-corrected chi connectivity index (χ4v) is 12.2. The van der Waals surface area contributed by atoms with Crippen LogP contribution in [0.2, 0.25) is 0 Å². The van der Waals surface area contributed by atoms with E-state index in [2.05, 4.69) is 77.0 Å². The summed E-state index contributed by atoms with van der Waals surface area (Å²) in [6, 6.07) is 40.2. The van der Waals surface area contributed by atoms with Crippen molar-refractivity contribution in [2.75, 3.05) is 49.8 Å². The van der Waals surface area contributed by atoms with Gasteiger partial charge in [-0.3, -0.25) is 18.9 Å². The predicted octanol–water partition coefficient (Wildman–Crippen LogP) is 7.01. The van der Waals surface area contributed by atoms with Crippen LogP contribution in [0.1, 0.15) is 46.2 Å². The molecule has 5 heterocycles. The first-order valence-electron chi connectivity index (χ1n) is 19.9. The monoisotopic (exact) mass is 776 g/mol. The van der Waals surface area contributed by atoms with Gasteiger partial charge in [-0.1, -0.05) is 103 Å². The van der Waals surface area contributed by atoms with Crippen molar-refractivity contribution >= 4 is 33.0 Å². The first-order chi connectivity index (χ1) is 27.5. The summed E-state index contributed by atoms with van der Waals surface area (Å²) < 4.78 is 29.3. The van der Waals surface area contributed by atoms with Gasteiger partial charge in [-0.2, -0.15) is 0 Å². The van der Waals surface area contributed by atoms with Crippen molar-refractivity contribution in [1.82, 2.24) is 14.1 Å². The first kappa shape index (κ1) is 36.0. The van der Waals surface area contributed by atoms with Crippen molar-refractivity contribution in [2.45, 2.75) is 59.8 Å². The minimum atomic E-state index is -3.92. The SMILES string of the molecule is Cc1ccc(S(=O)(=O)N(C)/C=C/[C@@]2(c3cccc4c3N[C@@H]3N(C)CC[C@]43[C@@]34CCN(C)[C@@H]3Nc3ccccc34)C(=O)N(Cc3ccccc3)c3ccccc32)cc1. The molecule has 2 saturated heterocycles. The third-order valence-corrected chi connectivity index (χ3v) is 15.6. The highest BCUT2D eigenvalue weighted by Crippen LogP contribution is 2.67. The van der Waals surface area contributed by atoms with Crippen molar-refractivity contribution < 1.29 is 13.2 Å². The maximum atomic E-state index is 15.7. The number of carbonyl (C=O) groups excluding carboxylic acids is 1. The standard InChI is InChI=1S/C47H48N6O3S/c1-32-21-23-34(24-22-32)57(55,56)52(4)30-25-45(36-16-9-11-20-40(36)53(44(45)54)31-33-13-6-5-7-14-33)37-17-12-18-38-41(37)49-43-47(38,27-29-51(43)3)46-26-28-50(2)42(46)48-39-19-10-8-15-35(39)46/h5-25,30,42-43,48-49H,26-29,31H2,1-4H3/b30-25+/t42-,43+,45+,46+,47-/m0/s1. The number of likely N-dealkylation sites (tertiary alicyclic amines) is 2. The molecule has 0 saturated carbocycles. The van der Waals surface area contributed by atoms with Crippen molar-refractivity contribution in [1.29, 1.82) is 0 Å². The second kappa shape index (κ2) is 12.8. The maximum absolute atomic E-state index is 15.7. The number of para-hydroxylation sites is 3. The van der Waals surface area contributed by atoms with Gasteiger partial charge in [0.05, 0.1) is 23.8 Å². The van der Waals surface area contributed by atoms with E-state index in [1.807, 2.05) is 72.5 Å². The molecule has 0 aliphatic carbocycles. The zero-order valence-corrected chi connectivity index (χ0v) is 33.6. The average Bonchev–Trinajstić information content (AvgIpc) is 3.99. The molecule has 9 nitrogen and oxygen atoms in total. The van der Waals surface area contributed by atoms with Crippen LogP contribution < -0.4 is 15.5 Å². The summed E-state index contributed by atoms with van der Waals surface area (Å²) in [5, 5.41) is 8.05. The fourth-order valence-electron chi connectivity index (χ4n) is 11.2. The van der Waals surface area contributed by atoms with Gasteiger partial charge < -0.3 is 15.5 Å². The van der Waals surface area contributed by atoms with E-state index < -0.39 is 15.4 Å². The van der Waals surface area contributed by atoms with Gasteiger partial charge in [-0.05, 0) is 92.0 Å². The zero-order chi connectivity index (χ0) is 39.3. The van der Waals surface area contributed by atoms with Gasteiger partial charge in [0.2, 0.25) is 5.91 Å². The Hall–Kier alpha value is -5.42. The molecular formula is C47H48N6O3S. The molecule has 10 heteroatoms. The number of benzene rings is 5. The lowest BCUT2D eigenvalue weighted by molar-refractivity contribution is -0.120. The first-order valence-corrected chi connectivity index (χ1v) is 21.3. The molecule has 5 aliphatic heterocycles. The number of fused-ring (bicyclic) bond motifs is 8. The summed E-state index contributed by atoms with van der Waals surface area (Å²) in [4.78, 5) is 22.7. The summed E-state index contributed by atoms with van der Waals surface area (Å²) >= 11 is 0. The summed E-state index contributed by atoms with van der Waals surface area (Å²) in [5.74, 6) is -0.121. The molecule has 0 bridgehead atoms. The third kappa shape index (κ3) is 4.81. The number of sulfonamides is 1. The highest BCUT2D eigenvalue weighted by Gasteiger charge is 2.71. The van der Waals surface area contributed by atoms with E-state index in [-0.39, 0.29) is 34.0 Å². The number of anilines is 3. The Morgan fingerprint density at radius 2 is 1.32 bits per heavy atom. The summed E-state index contributed by atoms with van der Waals surface area (Å²) in [6.45, 7) is 4.21. The molecule has 1 amide bonds. The van der Waals surface area contributed by atoms with E-state index in [9.17, 15) is 8.42 Å². The predicted molar refractivity (Wildman–Crippen MR) is 226 cm³/mol. The Bertz CT molecular complexity index is 2560. The van der Waals surface area contributed by atoms with Crippen LogP contribution in [0.5, 0.6) is 0 Å². The molecule has 0 radical (unpaired) electrons. The molecule has 2 N–H and O–H groups in total. The fraction of sp³-hybridized carbons (Fsp3) is 0.298. The van der Waals surface area contributed by atoms with E-state index in [1.165, 1.54) is 21.1 Å². The highest BCUT2D eigenvalue weighted by atomic mass is 32.2. The number of amides is 1. The number of carbonyl (C=O) groups is 1. The van der Waals surface area contributed by atoms with Crippen LogP contribution in [0.4, 0.5) is 17.1 Å². The minimum Gasteiger partial charge on any atom is -0.369 e. The van der Waals surface area contributed by atoms with Crippen LogP contribution >= 0.6 is 0 Å². The quantitative estimate of drug-likeness (QED) is 0.175. The van der Waals surface area contributed by atoms with Gasteiger partial charge in [-0.15, -0.1) is 0 Å². The Balaban J connectivity index is 1.20. The van der Waals surface area contributed by atoms with Gasteiger partial charge in [0.15, 0.2) is 0 Å². The molecule has 0 unspecified atom stereocenters. The molecule has 0 spiro atoms. The van der Waals surface area contributed by atoms with Gasteiger partial charge in [0, 0.05) is 54.2 Å². The van der Waals surface area contributed by atoms with Crippen LogP contribution in [0.15, 0.2) is 138 Å². The second-order valence-corrected chi connectivity index (χ2v) is 18.6. The van der Waals surface area contributed by atoms with E-state index in [0.717, 1.165) is 59.6 Å². The topological polar surface area (TPSA) is 88.2 Å². The van der Waals surface area contributed by atoms with Gasteiger partial charge in [-0.25, -0.2) is 8.42 Å². The molecule has 57 heavy (non-hydrogen) atoms. The molecule has 2 fully saturated rings. The van der Waals surface area contributed by atoms with Gasteiger partial charge in [0.1, 0.15) is 5.41 Å². The molecule has 5 atom stereocenters. The number of rotatable bonds is 8. The molecule has 5 aromatic carbocycles. The molecular weight excluding hydrogens is 729 g/mol. The van der Waals surface area contributed by atoms with Gasteiger partial charge >= 0.3 is 0 Å². The lowest BCUT2D eigenvalue weighted by Gasteiger charge is -2.48. The molecule has 5 aliphatic rings. The smallest absolute Gasteiger partial charge is 0.263 e. The number of likely N-dealkylation sites (N-methyl/N-ethyl adjacent to an activating group) is 2. The Labute approximate surface area is 335 Å². The largest absolute Gasteiger partial charge is 0.369 e. The van der Waals surface area contributed by atoms with Crippen molar-refractivity contribution in [3.63, 3.8) is 0 Å². The Morgan fingerprint density at radius 1 is 0.719 bits per heavy atom. The van der Waals surface area contributed by atoms with E-state index in [0.29, 0.717) is 6.54 Å². The highest BCUT2D eigenvalue weighted by molar-refractivity contribution is 7.89. The lowest BCUT2D eigenvalue weighted by Crippen LogP contribution is -2.60. The lowest BCUT2D eigenvalue weighted by atomic mass is 9.54. The normalized spacial score (nSPS) is 27.5. The number of aryl methyl sites for hydroxylation is 1. The maximum Gasteiger partial charge on any atom is 0.263 e. The van der Waals surface area contributed by atoms with Crippen molar-refractivity contribution in [3.05, 3.63) is 167 Å². The van der Waals surface area contributed by atoms with Crippen molar-refractivity contribution in [3.8, 4) is 0 Å². The number of hydrogen-bond acceptors (Lipinski definition) is 7. The van der Waals surface area contributed by atoms with Gasteiger partial charge in [0.25, 0.3) is 10.0 Å². The van der Waals surface area contributed by atoms with Crippen LogP contribution in [0, 0.1) is 6.92 Å². The Kier molecular flexibility index (Phi) is 8.07. The third-order valence-electron chi connectivity index (χ3n) is 13.9. The van der Waals surface area contributed by atoms with Crippen molar-refractivity contribution in [2.24, 2.45) is 0 Å². The van der Waals surface area contributed by atoms with Crippen LogP contribution in [-0.2, 0) is 37.6 Å². The van der Waals surface area contributed by atoms with E-state index >= 15 is 4.79 Å². The Morgan fingerprint density at radius 3 is 2.05 bits per heavy atom. The van der Waals surface area contributed by atoms with Crippen LogP contribution in [-0.4, -0.2) is 75.0 Å². The summed E-state index contributed by atoms with van der Waals surface area (Å²) in [6.07, 6.45) is 5.43. The number of nitrogens with zero attached hydrogens (tertiary/aromatic N) is 4. The van der Waals surface area contributed by atoms with Crippen LogP contribution in [0.3, 0.4) is 0 Å². The molecule has 0 aromatic heterocycles. The average molecular weight is 777 g/mol. The summed E-state index contributed by atoms with van der Waals surface area (Å²) in [5.41, 5.74) is 7.24. The number of hydrogen-bond donors (Lipinski definition) is 2. The van der Waals surface area contributed by atoms with E-state index in [4.69, 9.17) is 0 Å². The molecule has 290 valence electrons. The zero-order valence-electron chi connectivity index (χ0n) is 32.8. The minimum absolute atomic E-state index is 0.0339. The number of nitrogens with one attached hydrogen (secondary N) is 2. The molecule has 10 rings (SSSR count). The molecule has 5 aromatic rings. The second-order valence-electron chi connectivity index (χ2n) is 16.6. The summed E-state index contributed by atoms with van der Waals surface area (Å²) in [7, 11) is 2.07. The van der Waals surface area contributed by atoms with Crippen LogP contribution in [0.25, 0.3) is 0 Å².